The number of rotatable bonds is 14. The summed E-state index contributed by atoms with van der Waals surface area (Å²) in [7, 11) is 0. The molecule has 0 saturated heterocycles. The SMILES string of the molecule is CCCOc1c(C(=O)N/N=C(\c2ccccc2)c2sccc2Br)sc(C(=O)N/N=C(\c2ccccc2)c2sccc2Br)c1OCCC. The van der Waals surface area contributed by atoms with Crippen LogP contribution in [0.15, 0.2) is 103 Å². The van der Waals surface area contributed by atoms with E-state index < -0.39 is 11.8 Å². The molecule has 0 fully saturated rings. The van der Waals surface area contributed by atoms with Crippen LogP contribution < -0.4 is 20.3 Å². The van der Waals surface area contributed by atoms with E-state index in [2.05, 4.69) is 52.9 Å². The predicted molar refractivity (Wildman–Crippen MR) is 199 cm³/mol. The lowest BCUT2D eigenvalue weighted by molar-refractivity contribution is 0.0945. The first-order valence-electron chi connectivity index (χ1n) is 14.7. The Morgan fingerprint density at radius 3 is 1.38 bits per heavy atom. The molecular weight excluding hydrogens is 784 g/mol. The summed E-state index contributed by atoms with van der Waals surface area (Å²) in [5.41, 5.74) is 8.27. The summed E-state index contributed by atoms with van der Waals surface area (Å²) in [5.74, 6) is -0.651. The summed E-state index contributed by atoms with van der Waals surface area (Å²) in [4.78, 5) is 29.7. The molecule has 0 unspecified atom stereocenters. The third-order valence-corrected chi connectivity index (χ3v) is 11.3. The van der Waals surface area contributed by atoms with Crippen LogP contribution in [0.1, 0.15) is 66.9 Å². The molecule has 0 aliphatic rings. The molecule has 8 nitrogen and oxygen atoms in total. The Morgan fingerprint density at radius 2 is 1.04 bits per heavy atom. The van der Waals surface area contributed by atoms with Crippen LogP contribution in [0.2, 0.25) is 0 Å². The van der Waals surface area contributed by atoms with Crippen molar-refractivity contribution < 1.29 is 19.1 Å². The number of hydrogen-bond donors (Lipinski definition) is 2. The van der Waals surface area contributed by atoms with Gasteiger partial charge in [0.15, 0.2) is 11.5 Å². The minimum absolute atomic E-state index is 0.171. The molecule has 5 rings (SSSR count). The lowest BCUT2D eigenvalue weighted by atomic mass is 10.1. The van der Waals surface area contributed by atoms with Gasteiger partial charge in [-0.25, -0.2) is 10.9 Å². The Balaban J connectivity index is 1.52. The van der Waals surface area contributed by atoms with Crippen LogP contribution in [0.4, 0.5) is 0 Å². The molecule has 0 radical (unpaired) electrons. The van der Waals surface area contributed by atoms with Gasteiger partial charge in [-0.1, -0.05) is 74.5 Å². The van der Waals surface area contributed by atoms with Gasteiger partial charge in [0.1, 0.15) is 21.2 Å². The summed E-state index contributed by atoms with van der Waals surface area (Å²) >= 11 is 11.2. The zero-order valence-corrected chi connectivity index (χ0v) is 31.0. The quantitative estimate of drug-likeness (QED) is 0.0863. The number of carbonyl (C=O) groups is 2. The molecule has 5 aromatic rings. The van der Waals surface area contributed by atoms with Crippen molar-refractivity contribution in [3.63, 3.8) is 0 Å². The van der Waals surface area contributed by atoms with Crippen LogP contribution in [0.25, 0.3) is 0 Å². The first-order chi connectivity index (χ1) is 22.9. The third kappa shape index (κ3) is 8.46. The highest BCUT2D eigenvalue weighted by atomic mass is 79.9. The molecule has 0 spiro atoms. The highest BCUT2D eigenvalue weighted by Gasteiger charge is 2.30. The van der Waals surface area contributed by atoms with Gasteiger partial charge in [-0.2, -0.15) is 10.2 Å². The molecule has 2 amide bonds. The maximum atomic E-state index is 13.8. The maximum absolute atomic E-state index is 13.8. The first kappa shape index (κ1) is 34.7. The fourth-order valence-corrected chi connectivity index (χ4v) is 8.41. The summed E-state index contributed by atoms with van der Waals surface area (Å²) in [6.07, 6.45) is 1.38. The van der Waals surface area contributed by atoms with Gasteiger partial charge in [0, 0.05) is 20.1 Å². The Hall–Kier alpha value is -3.62. The van der Waals surface area contributed by atoms with Gasteiger partial charge in [0.2, 0.25) is 0 Å². The molecule has 0 aliphatic carbocycles. The van der Waals surface area contributed by atoms with Crippen molar-refractivity contribution in [1.29, 1.82) is 0 Å². The zero-order chi connectivity index (χ0) is 33.2. The van der Waals surface area contributed by atoms with Gasteiger partial charge in [0.25, 0.3) is 11.8 Å². The number of benzene rings is 2. The molecule has 3 aromatic heterocycles. The van der Waals surface area contributed by atoms with Crippen molar-refractivity contribution in [2.24, 2.45) is 10.2 Å². The fourth-order valence-electron chi connectivity index (χ4n) is 4.30. The molecule has 13 heteroatoms. The summed E-state index contributed by atoms with van der Waals surface area (Å²) in [6, 6.07) is 23.1. The molecule has 242 valence electrons. The number of ether oxygens (including phenoxy) is 2. The average Bonchev–Trinajstić information content (AvgIpc) is 3.82. The number of nitrogens with zero attached hydrogens (tertiary/aromatic N) is 2. The number of nitrogens with one attached hydrogen (secondary N) is 2. The van der Waals surface area contributed by atoms with Crippen LogP contribution in [0, 0.1) is 0 Å². The van der Waals surface area contributed by atoms with Crippen molar-refractivity contribution >= 4 is 89.1 Å². The number of thiophene rings is 3. The zero-order valence-electron chi connectivity index (χ0n) is 25.4. The first-order valence-corrected chi connectivity index (χ1v) is 18.8. The molecule has 0 atom stereocenters. The van der Waals surface area contributed by atoms with E-state index in [-0.39, 0.29) is 21.3 Å². The van der Waals surface area contributed by atoms with Crippen LogP contribution in [0.5, 0.6) is 11.5 Å². The van der Waals surface area contributed by atoms with Crippen molar-refractivity contribution in [3.8, 4) is 11.5 Å². The Labute approximate surface area is 301 Å². The molecule has 47 heavy (non-hydrogen) atoms. The minimum atomic E-state index is -0.529. The number of halogens is 2. The third-order valence-electron chi connectivity index (χ3n) is 6.43. The number of hydrazone groups is 2. The highest BCUT2D eigenvalue weighted by Crippen LogP contribution is 2.43. The molecule has 3 heterocycles. The maximum Gasteiger partial charge on any atom is 0.285 e. The van der Waals surface area contributed by atoms with Gasteiger partial charge < -0.3 is 9.47 Å². The van der Waals surface area contributed by atoms with E-state index in [4.69, 9.17) is 9.47 Å². The average molecular weight is 815 g/mol. The second-order valence-corrected chi connectivity index (χ2v) is 14.4. The van der Waals surface area contributed by atoms with Crippen LogP contribution in [-0.2, 0) is 0 Å². The largest absolute Gasteiger partial charge is 0.488 e. The number of hydrogen-bond acceptors (Lipinski definition) is 9. The smallest absolute Gasteiger partial charge is 0.285 e. The Bertz CT molecular complexity index is 1750. The van der Waals surface area contributed by atoms with Gasteiger partial charge in [-0.05, 0) is 67.6 Å². The Morgan fingerprint density at radius 1 is 0.638 bits per heavy atom. The molecule has 2 aromatic carbocycles. The lowest BCUT2D eigenvalue weighted by Gasteiger charge is -2.11. The number of amides is 2. The van der Waals surface area contributed by atoms with Crippen molar-refractivity contribution in [3.05, 3.63) is 123 Å². The topological polar surface area (TPSA) is 101 Å². The lowest BCUT2D eigenvalue weighted by Crippen LogP contribution is -2.20. The monoisotopic (exact) mass is 812 g/mol. The van der Waals surface area contributed by atoms with Crippen LogP contribution in [-0.4, -0.2) is 36.5 Å². The van der Waals surface area contributed by atoms with Crippen molar-refractivity contribution in [2.45, 2.75) is 26.7 Å². The second kappa shape index (κ2) is 17.0. The normalized spacial score (nSPS) is 11.7. The van der Waals surface area contributed by atoms with Gasteiger partial charge >= 0.3 is 0 Å². The van der Waals surface area contributed by atoms with Crippen molar-refractivity contribution in [1.82, 2.24) is 10.9 Å². The van der Waals surface area contributed by atoms with Crippen molar-refractivity contribution in [2.75, 3.05) is 13.2 Å². The molecular formula is C34H30Br2N4O4S3. The van der Waals surface area contributed by atoms with E-state index in [0.717, 1.165) is 41.2 Å². The van der Waals surface area contributed by atoms with E-state index in [1.165, 1.54) is 22.7 Å². The highest BCUT2D eigenvalue weighted by molar-refractivity contribution is 9.11. The Kier molecular flexibility index (Phi) is 12.5. The van der Waals surface area contributed by atoms with Crippen LogP contribution >= 0.6 is 65.9 Å². The van der Waals surface area contributed by atoms with E-state index in [1.807, 2.05) is 97.4 Å². The molecule has 0 bridgehead atoms. The van der Waals surface area contributed by atoms with Gasteiger partial charge in [-0.3, -0.25) is 9.59 Å². The molecule has 0 aliphatic heterocycles. The van der Waals surface area contributed by atoms with Crippen LogP contribution in [0.3, 0.4) is 0 Å². The fraction of sp³-hybridized carbons (Fsp3) is 0.176. The minimum Gasteiger partial charge on any atom is -0.488 e. The molecule has 2 N–H and O–H groups in total. The standard InChI is InChI=1S/C34H30Br2N4O4S3/c1-3-17-43-27-28(44-18-4-2)32(34(42)40-38-26(22-13-9-6-10-14-22)30-24(36)16-20-46-30)47-31(27)33(41)39-37-25(21-11-7-5-8-12-21)29-23(35)15-19-45-29/h5-16,19-20H,3-4,17-18H2,1-2H3,(H,39,41)(H,40,42)/b37-25+,38-26+. The molecule has 0 saturated carbocycles. The number of carbonyl (C=O) groups excluding carboxylic acids is 2. The van der Waals surface area contributed by atoms with Gasteiger partial charge in [0.05, 0.1) is 23.0 Å². The van der Waals surface area contributed by atoms with E-state index in [9.17, 15) is 9.59 Å². The predicted octanol–water partition coefficient (Wildman–Crippen LogP) is 9.34. The summed E-state index contributed by atoms with van der Waals surface area (Å²) in [6.45, 7) is 4.57. The summed E-state index contributed by atoms with van der Waals surface area (Å²) in [5, 5.41) is 13.0. The summed E-state index contributed by atoms with van der Waals surface area (Å²) < 4.78 is 13.9. The second-order valence-electron chi connectivity index (χ2n) is 9.85. The van der Waals surface area contributed by atoms with E-state index in [1.54, 1.807) is 0 Å². The van der Waals surface area contributed by atoms with Gasteiger partial charge in [-0.15, -0.1) is 34.0 Å². The van der Waals surface area contributed by atoms with E-state index >= 15 is 0 Å². The van der Waals surface area contributed by atoms with E-state index in [0.29, 0.717) is 37.5 Å².